The monoisotopic (exact) mass is 850 g/mol. The van der Waals surface area contributed by atoms with Gasteiger partial charge in [0.25, 0.3) is 0 Å². The predicted octanol–water partition coefficient (Wildman–Crippen LogP) is -10.4. The maximum atomic E-state index is 11.5. The summed E-state index contributed by atoms with van der Waals surface area (Å²) in [6.07, 6.45) is -34.1. The Balaban J connectivity index is 1.52. The number of rotatable bonds is 20. The second-order valence-electron chi connectivity index (χ2n) is 13.8. The highest BCUT2D eigenvalue weighted by molar-refractivity contribution is 5.68. The van der Waals surface area contributed by atoms with Crippen molar-refractivity contribution in [2.75, 3.05) is 53.4 Å². The van der Waals surface area contributed by atoms with Gasteiger partial charge in [0.2, 0.25) is 0 Å². The van der Waals surface area contributed by atoms with E-state index in [4.69, 9.17) is 57.2 Å². The Labute approximate surface area is 328 Å². The Morgan fingerprint density at radius 3 is 1.48 bits per heavy atom. The van der Waals surface area contributed by atoms with E-state index in [1.165, 1.54) is 6.92 Å². The summed E-state index contributed by atoms with van der Waals surface area (Å²) in [4.78, 5) is 33.2. The van der Waals surface area contributed by atoms with Gasteiger partial charge in [0.05, 0.1) is 57.7 Å². The van der Waals surface area contributed by atoms with Crippen LogP contribution in [0.2, 0.25) is 0 Å². The van der Waals surface area contributed by atoms with Crippen molar-refractivity contribution in [1.29, 1.82) is 0 Å². The molecule has 26 heteroatoms. The number of carboxylic acid groups (broad SMARTS) is 3. The first-order valence-corrected chi connectivity index (χ1v) is 17.9. The molecule has 336 valence electrons. The Bertz CT molecular complexity index is 1310. The molecule has 0 bridgehead atoms. The second-order valence-corrected chi connectivity index (χ2v) is 13.8. The third kappa shape index (κ3) is 11.7. The molecule has 20 atom stereocenters. The number of carbonyl (C=O) groups excluding carboxylic acids is 2. The normalized spacial score (nSPS) is 43.5. The zero-order chi connectivity index (χ0) is 43.0. The highest BCUT2D eigenvalue weighted by Crippen LogP contribution is 2.35. The number of methoxy groups -OCH3 is 1. The predicted molar refractivity (Wildman–Crippen MR) is 171 cm³/mol. The molecule has 10 N–H and O–H groups in total. The van der Waals surface area contributed by atoms with E-state index >= 15 is 0 Å². The lowest BCUT2D eigenvalue weighted by atomic mass is 9.94. The highest BCUT2D eigenvalue weighted by atomic mass is 16.8. The number of aliphatic hydroxyl groups excluding tert-OH is 9. The quantitative estimate of drug-likeness (QED) is 0.0543. The molecule has 4 rings (SSSR count). The molecule has 26 nitrogen and oxygen atoms in total. The van der Waals surface area contributed by atoms with Gasteiger partial charge >= 0.3 is 5.97 Å². The molecular formula is C32H50O26-2. The highest BCUT2D eigenvalue weighted by Gasteiger charge is 2.55. The molecule has 4 aliphatic rings. The number of hydrogen-bond donors (Lipinski definition) is 10. The number of ether oxygens (including phenoxy) is 11. The van der Waals surface area contributed by atoms with Gasteiger partial charge in [-0.05, 0) is 6.92 Å². The summed E-state index contributed by atoms with van der Waals surface area (Å²) in [6.45, 7) is -4.41. The van der Waals surface area contributed by atoms with Crippen LogP contribution in [0.4, 0.5) is 0 Å². The topological polar surface area (TPSA) is 401 Å². The van der Waals surface area contributed by atoms with Crippen LogP contribution in [0.3, 0.4) is 0 Å². The largest absolute Gasteiger partial charge is 0.548 e. The average Bonchev–Trinajstić information content (AvgIpc) is 3.17. The third-order valence-electron chi connectivity index (χ3n) is 9.73. The van der Waals surface area contributed by atoms with Crippen molar-refractivity contribution in [3.8, 4) is 0 Å². The first kappa shape index (κ1) is 48.3. The molecule has 0 aliphatic carbocycles. The third-order valence-corrected chi connectivity index (χ3v) is 9.73. The van der Waals surface area contributed by atoms with Crippen LogP contribution < -0.4 is 10.2 Å². The molecule has 0 aromatic rings. The molecule has 4 fully saturated rings. The minimum atomic E-state index is -2.09. The molecule has 0 saturated carbocycles. The van der Waals surface area contributed by atoms with Crippen LogP contribution in [0.5, 0.6) is 0 Å². The zero-order valence-corrected chi connectivity index (χ0v) is 31.0. The molecule has 58 heavy (non-hydrogen) atoms. The number of aliphatic carboxylic acids is 3. The van der Waals surface area contributed by atoms with Crippen LogP contribution in [-0.2, 0) is 66.5 Å². The number of aliphatic hydroxyl groups is 9. The fourth-order valence-corrected chi connectivity index (χ4v) is 6.85. The van der Waals surface area contributed by atoms with Gasteiger partial charge in [0.1, 0.15) is 104 Å². The van der Waals surface area contributed by atoms with Gasteiger partial charge in [-0.2, -0.15) is 0 Å². The van der Waals surface area contributed by atoms with Gasteiger partial charge in [-0.25, -0.2) is 4.79 Å². The maximum absolute atomic E-state index is 11.5. The number of hydrogen-bond acceptors (Lipinski definition) is 25. The SMILES string of the molecule is CO[C@@H]1C(COCC(=O)[O-])O[C@@H](O[C@H]2C(O)C(OCC(=O)[O-])[C@H](O[C@@H]3C(CO)O[C@@H](O[C@H]4C(O)C(O)[C@H](C)O[C@H]4COCC(=O)O)C(O)[C@H]3O)O[C@H]2CO)C(O)[C@H]1O. The summed E-state index contributed by atoms with van der Waals surface area (Å²) >= 11 is 0. The molecule has 0 aromatic carbocycles. The van der Waals surface area contributed by atoms with E-state index in [1.807, 2.05) is 0 Å². The molecule has 0 radical (unpaired) electrons. The number of carbonyl (C=O) groups is 3. The van der Waals surface area contributed by atoms with Crippen molar-refractivity contribution in [1.82, 2.24) is 0 Å². The Kier molecular flexibility index (Phi) is 18.2. The Morgan fingerprint density at radius 2 is 0.966 bits per heavy atom. The molecular weight excluding hydrogens is 800 g/mol. The van der Waals surface area contributed by atoms with Crippen LogP contribution in [0.1, 0.15) is 6.92 Å². The van der Waals surface area contributed by atoms with Crippen molar-refractivity contribution < 1.29 is 128 Å². The van der Waals surface area contributed by atoms with Crippen LogP contribution in [-0.4, -0.2) is 245 Å². The van der Waals surface area contributed by atoms with Crippen LogP contribution in [0, 0.1) is 0 Å². The lowest BCUT2D eigenvalue weighted by Gasteiger charge is -2.50. The molecule has 0 amide bonds. The van der Waals surface area contributed by atoms with Crippen LogP contribution >= 0.6 is 0 Å². The fourth-order valence-electron chi connectivity index (χ4n) is 6.85. The van der Waals surface area contributed by atoms with Gasteiger partial charge in [0, 0.05) is 7.11 Å². The first-order valence-electron chi connectivity index (χ1n) is 17.9. The fraction of sp³-hybridized carbons (Fsp3) is 0.906. The van der Waals surface area contributed by atoms with Crippen LogP contribution in [0.15, 0.2) is 0 Å². The van der Waals surface area contributed by atoms with E-state index < -0.39 is 187 Å². The van der Waals surface area contributed by atoms with E-state index in [2.05, 4.69) is 0 Å². The molecule has 4 saturated heterocycles. The lowest BCUT2D eigenvalue weighted by Crippen LogP contribution is -2.68. The van der Waals surface area contributed by atoms with Crippen molar-refractivity contribution in [3.63, 3.8) is 0 Å². The molecule has 8 unspecified atom stereocenters. The zero-order valence-electron chi connectivity index (χ0n) is 31.0. The van der Waals surface area contributed by atoms with E-state index in [1.54, 1.807) is 0 Å². The summed E-state index contributed by atoms with van der Waals surface area (Å²) in [7, 11) is 1.15. The van der Waals surface area contributed by atoms with Crippen molar-refractivity contribution in [2.45, 2.75) is 130 Å². The van der Waals surface area contributed by atoms with E-state index in [-0.39, 0.29) is 0 Å². The van der Waals surface area contributed by atoms with E-state index in [0.29, 0.717) is 0 Å². The molecule has 4 aliphatic heterocycles. The average molecular weight is 851 g/mol. The Hall–Kier alpha value is -2.39. The van der Waals surface area contributed by atoms with E-state index in [9.17, 15) is 70.6 Å². The summed E-state index contributed by atoms with van der Waals surface area (Å²) in [5.41, 5.74) is 0. The molecule has 0 aromatic heterocycles. The van der Waals surface area contributed by atoms with Crippen molar-refractivity contribution >= 4 is 17.9 Å². The summed E-state index contributed by atoms with van der Waals surface area (Å²) in [6, 6.07) is 0. The van der Waals surface area contributed by atoms with Gasteiger partial charge in [-0.3, -0.25) is 0 Å². The van der Waals surface area contributed by atoms with Crippen molar-refractivity contribution in [2.24, 2.45) is 0 Å². The first-order chi connectivity index (χ1) is 27.4. The molecule has 0 spiro atoms. The van der Waals surface area contributed by atoms with Gasteiger partial charge in [0.15, 0.2) is 18.9 Å². The van der Waals surface area contributed by atoms with Crippen LogP contribution in [0.25, 0.3) is 0 Å². The Morgan fingerprint density at radius 1 is 0.534 bits per heavy atom. The van der Waals surface area contributed by atoms with Crippen molar-refractivity contribution in [3.05, 3.63) is 0 Å². The molecule has 4 heterocycles. The van der Waals surface area contributed by atoms with Gasteiger partial charge < -0.3 is 123 Å². The summed E-state index contributed by atoms with van der Waals surface area (Å²) in [5, 5.41) is 128. The standard InChI is InChI=1S/C32H52O26/c1-10-18(41)19(42)28(14(52-10)6-50-8-16(37)38)57-30-23(46)21(44)26(11(3-33)53-30)58-32-29(51-9-17(39)40)24(47)27(12(4-34)54-32)56-31-22(45)20(43)25(48-2)13(55-31)5-49-7-15(35)36/h10-14,18-34,41-47H,3-9H2,1-2H3,(H,35,36)(H,37,38)(H,39,40)/p-2/t10-,11?,12-,13?,14-,18?,19?,20+,21+,22?,23?,24?,25+,26+,27+,28+,29?,30-,31-,32-/m0/s1. The van der Waals surface area contributed by atoms with Gasteiger partial charge in [-0.1, -0.05) is 0 Å². The van der Waals surface area contributed by atoms with E-state index in [0.717, 1.165) is 7.11 Å². The minimum absolute atomic E-state index is 0.475. The second kappa shape index (κ2) is 21.9. The maximum Gasteiger partial charge on any atom is 0.329 e. The summed E-state index contributed by atoms with van der Waals surface area (Å²) < 4.78 is 60.4. The lowest BCUT2D eigenvalue weighted by molar-refractivity contribution is -0.389. The smallest absolute Gasteiger partial charge is 0.329 e. The number of carboxylic acids is 3. The minimum Gasteiger partial charge on any atom is -0.548 e. The summed E-state index contributed by atoms with van der Waals surface area (Å²) in [5.74, 6) is -4.70. The van der Waals surface area contributed by atoms with Gasteiger partial charge in [-0.15, -0.1) is 0 Å².